The van der Waals surface area contributed by atoms with Gasteiger partial charge in [-0.1, -0.05) is 25.7 Å². The summed E-state index contributed by atoms with van der Waals surface area (Å²) >= 11 is 0. The first-order valence-electron chi connectivity index (χ1n) is 8.46. The molecule has 0 bridgehead atoms. The summed E-state index contributed by atoms with van der Waals surface area (Å²) in [5.41, 5.74) is -0.398. The lowest BCUT2D eigenvalue weighted by atomic mass is 9.79. The largest absolute Gasteiger partial charge is 0.389 e. The summed E-state index contributed by atoms with van der Waals surface area (Å²) in [5, 5.41) is 17.9. The van der Waals surface area contributed by atoms with Crippen LogP contribution < -0.4 is 10.6 Å². The molecule has 3 rings (SSSR count). The molecule has 3 unspecified atom stereocenters. The van der Waals surface area contributed by atoms with Gasteiger partial charge < -0.3 is 15.7 Å². The highest BCUT2D eigenvalue weighted by atomic mass is 16.3. The summed E-state index contributed by atoms with van der Waals surface area (Å²) in [5.74, 6) is 0.793. The highest BCUT2D eigenvalue weighted by molar-refractivity contribution is 4.94. The van der Waals surface area contributed by atoms with Gasteiger partial charge in [0.1, 0.15) is 0 Å². The molecule has 3 N–H and O–H groups in total. The number of rotatable bonds is 4. The van der Waals surface area contributed by atoms with E-state index in [4.69, 9.17) is 0 Å². The first-order valence-corrected chi connectivity index (χ1v) is 8.46. The Balaban J connectivity index is 1.54. The highest BCUT2D eigenvalue weighted by Gasteiger charge is 2.36. The summed E-state index contributed by atoms with van der Waals surface area (Å²) in [4.78, 5) is 0. The Kier molecular flexibility index (Phi) is 4.45. The third-order valence-electron chi connectivity index (χ3n) is 5.66. The molecule has 1 aliphatic heterocycles. The summed E-state index contributed by atoms with van der Waals surface area (Å²) < 4.78 is 0. The van der Waals surface area contributed by atoms with Crippen molar-refractivity contribution in [3.8, 4) is 0 Å². The maximum absolute atomic E-state index is 10.5. The second-order valence-corrected chi connectivity index (χ2v) is 7.07. The van der Waals surface area contributed by atoms with E-state index in [1.807, 2.05) is 0 Å². The molecule has 110 valence electrons. The fourth-order valence-electron chi connectivity index (χ4n) is 4.50. The molecule has 2 saturated carbocycles. The van der Waals surface area contributed by atoms with Crippen LogP contribution in [0.4, 0.5) is 0 Å². The van der Waals surface area contributed by atoms with Crippen LogP contribution in [0.5, 0.6) is 0 Å². The minimum Gasteiger partial charge on any atom is -0.389 e. The van der Waals surface area contributed by atoms with Crippen molar-refractivity contribution in [3.05, 3.63) is 0 Å². The van der Waals surface area contributed by atoms with Gasteiger partial charge in [-0.15, -0.1) is 0 Å². The van der Waals surface area contributed by atoms with Crippen LogP contribution in [0.15, 0.2) is 0 Å². The lowest BCUT2D eigenvalue weighted by Crippen LogP contribution is -2.51. The van der Waals surface area contributed by atoms with Crippen LogP contribution >= 0.6 is 0 Å². The predicted octanol–water partition coefficient (Wildman–Crippen LogP) is 2.19. The van der Waals surface area contributed by atoms with E-state index >= 15 is 0 Å². The van der Waals surface area contributed by atoms with Crippen molar-refractivity contribution < 1.29 is 5.11 Å². The van der Waals surface area contributed by atoms with E-state index < -0.39 is 5.60 Å². The SMILES string of the molecule is OC1(CNC2CCCCC2C2CCCN2)CCCC1. The molecule has 19 heavy (non-hydrogen) atoms. The Hall–Kier alpha value is -0.120. The van der Waals surface area contributed by atoms with Crippen LogP contribution in [0, 0.1) is 5.92 Å². The van der Waals surface area contributed by atoms with Crippen LogP contribution in [-0.2, 0) is 0 Å². The molecule has 1 saturated heterocycles. The average molecular weight is 266 g/mol. The van der Waals surface area contributed by atoms with Gasteiger partial charge in [-0.3, -0.25) is 0 Å². The Morgan fingerprint density at radius 1 is 1.00 bits per heavy atom. The lowest BCUT2D eigenvalue weighted by Gasteiger charge is -2.38. The normalized spacial score (nSPS) is 38.7. The van der Waals surface area contributed by atoms with Gasteiger partial charge in [0.2, 0.25) is 0 Å². The highest BCUT2D eigenvalue weighted by Crippen LogP contribution is 2.33. The van der Waals surface area contributed by atoms with Crippen LogP contribution in [-0.4, -0.2) is 35.9 Å². The fraction of sp³-hybridized carbons (Fsp3) is 1.00. The number of aliphatic hydroxyl groups is 1. The number of hydrogen-bond donors (Lipinski definition) is 3. The minimum absolute atomic E-state index is 0.398. The number of hydrogen-bond acceptors (Lipinski definition) is 3. The monoisotopic (exact) mass is 266 g/mol. The molecular formula is C16H30N2O. The Bertz CT molecular complexity index is 282. The molecule has 0 amide bonds. The van der Waals surface area contributed by atoms with Crippen molar-refractivity contribution in [2.24, 2.45) is 5.92 Å². The molecule has 3 atom stereocenters. The summed E-state index contributed by atoms with van der Waals surface area (Å²) in [6.45, 7) is 2.03. The van der Waals surface area contributed by atoms with Gasteiger partial charge in [0, 0.05) is 18.6 Å². The van der Waals surface area contributed by atoms with E-state index in [-0.39, 0.29) is 0 Å². The molecule has 2 aliphatic carbocycles. The van der Waals surface area contributed by atoms with E-state index in [2.05, 4.69) is 10.6 Å². The van der Waals surface area contributed by atoms with Gasteiger partial charge in [-0.25, -0.2) is 0 Å². The molecule has 3 aliphatic rings. The summed E-state index contributed by atoms with van der Waals surface area (Å²) in [6, 6.07) is 1.37. The van der Waals surface area contributed by atoms with Crippen LogP contribution in [0.3, 0.4) is 0 Å². The third kappa shape index (κ3) is 3.32. The molecule has 0 aromatic rings. The van der Waals surface area contributed by atoms with Crippen molar-refractivity contribution >= 4 is 0 Å². The van der Waals surface area contributed by atoms with E-state index in [9.17, 15) is 5.11 Å². The third-order valence-corrected chi connectivity index (χ3v) is 5.66. The first kappa shape index (κ1) is 13.8. The average Bonchev–Trinajstić information content (AvgIpc) is 3.09. The number of nitrogens with one attached hydrogen (secondary N) is 2. The van der Waals surface area contributed by atoms with Crippen LogP contribution in [0.25, 0.3) is 0 Å². The van der Waals surface area contributed by atoms with Crippen LogP contribution in [0.1, 0.15) is 64.2 Å². The molecule has 3 heteroatoms. The zero-order valence-corrected chi connectivity index (χ0v) is 12.2. The minimum atomic E-state index is -0.398. The molecule has 0 aromatic heterocycles. The Morgan fingerprint density at radius 3 is 2.53 bits per heavy atom. The van der Waals surface area contributed by atoms with E-state index in [1.54, 1.807) is 0 Å². The van der Waals surface area contributed by atoms with Gasteiger partial charge in [-0.2, -0.15) is 0 Å². The molecule has 1 heterocycles. The topological polar surface area (TPSA) is 44.3 Å². The van der Waals surface area contributed by atoms with Gasteiger partial charge >= 0.3 is 0 Å². The summed E-state index contributed by atoms with van der Waals surface area (Å²) in [6.07, 6.45) is 12.5. The van der Waals surface area contributed by atoms with Crippen molar-refractivity contribution in [2.45, 2.75) is 81.9 Å². The second kappa shape index (κ2) is 6.11. The zero-order chi connectivity index (χ0) is 13.1. The Labute approximate surface area is 117 Å². The van der Waals surface area contributed by atoms with E-state index in [1.165, 1.54) is 57.9 Å². The van der Waals surface area contributed by atoms with Crippen molar-refractivity contribution in [1.29, 1.82) is 0 Å². The van der Waals surface area contributed by atoms with Crippen molar-refractivity contribution in [2.75, 3.05) is 13.1 Å². The van der Waals surface area contributed by atoms with E-state index in [0.717, 1.165) is 31.3 Å². The molecule has 3 nitrogen and oxygen atoms in total. The standard InChI is InChI=1S/C16H30N2O/c19-16(9-3-4-10-16)12-18-15-7-2-1-6-13(15)14-8-5-11-17-14/h13-15,17-19H,1-12H2. The lowest BCUT2D eigenvalue weighted by molar-refractivity contribution is 0.0390. The van der Waals surface area contributed by atoms with Gasteiger partial charge in [0.25, 0.3) is 0 Å². The zero-order valence-electron chi connectivity index (χ0n) is 12.2. The maximum atomic E-state index is 10.5. The van der Waals surface area contributed by atoms with Crippen molar-refractivity contribution in [3.63, 3.8) is 0 Å². The molecule has 0 radical (unpaired) electrons. The van der Waals surface area contributed by atoms with Gasteiger partial charge in [-0.05, 0) is 51.0 Å². The molecular weight excluding hydrogens is 236 g/mol. The van der Waals surface area contributed by atoms with Crippen LogP contribution in [0.2, 0.25) is 0 Å². The fourth-order valence-corrected chi connectivity index (χ4v) is 4.50. The quantitative estimate of drug-likeness (QED) is 0.731. The smallest absolute Gasteiger partial charge is 0.0771 e. The van der Waals surface area contributed by atoms with E-state index in [0.29, 0.717) is 6.04 Å². The maximum Gasteiger partial charge on any atom is 0.0771 e. The molecule has 3 fully saturated rings. The second-order valence-electron chi connectivity index (χ2n) is 7.07. The van der Waals surface area contributed by atoms with Crippen molar-refractivity contribution in [1.82, 2.24) is 10.6 Å². The predicted molar refractivity (Wildman–Crippen MR) is 78.2 cm³/mol. The summed E-state index contributed by atoms with van der Waals surface area (Å²) in [7, 11) is 0. The first-order chi connectivity index (χ1) is 9.27. The Morgan fingerprint density at radius 2 is 1.79 bits per heavy atom. The molecule has 0 aromatic carbocycles. The molecule has 0 spiro atoms. The van der Waals surface area contributed by atoms with Gasteiger partial charge in [0.05, 0.1) is 5.60 Å². The van der Waals surface area contributed by atoms with Gasteiger partial charge in [0.15, 0.2) is 0 Å².